The van der Waals surface area contributed by atoms with E-state index >= 15 is 0 Å². The highest BCUT2D eigenvalue weighted by Gasteiger charge is 2.07. The summed E-state index contributed by atoms with van der Waals surface area (Å²) in [5.41, 5.74) is 4.89. The first-order chi connectivity index (χ1) is 12.0. The van der Waals surface area contributed by atoms with Crippen LogP contribution in [-0.4, -0.2) is 9.97 Å². The Hall–Kier alpha value is -3.39. The molecule has 0 aliphatic rings. The van der Waals surface area contributed by atoms with Crippen molar-refractivity contribution in [3.8, 4) is 6.07 Å². The fourth-order valence-electron chi connectivity index (χ4n) is 2.61. The van der Waals surface area contributed by atoms with Gasteiger partial charge < -0.3 is 10.6 Å². The molecule has 0 saturated heterocycles. The van der Waals surface area contributed by atoms with E-state index in [1.54, 1.807) is 12.1 Å². The lowest BCUT2D eigenvalue weighted by atomic mass is 10.1. The first-order valence-electron chi connectivity index (χ1n) is 8.01. The molecule has 0 spiro atoms. The lowest BCUT2D eigenvalue weighted by Gasteiger charge is -2.14. The molecule has 0 aliphatic carbocycles. The maximum absolute atomic E-state index is 8.88. The Bertz CT molecular complexity index is 919. The molecule has 0 saturated carbocycles. The van der Waals surface area contributed by atoms with Crippen LogP contribution in [0.1, 0.15) is 22.5 Å². The van der Waals surface area contributed by atoms with Gasteiger partial charge in [0.15, 0.2) is 0 Å². The third-order valence-corrected chi connectivity index (χ3v) is 3.86. The van der Waals surface area contributed by atoms with E-state index in [0.29, 0.717) is 17.2 Å². The summed E-state index contributed by atoms with van der Waals surface area (Å²) in [7, 11) is 0. The second kappa shape index (κ2) is 7.02. The summed E-state index contributed by atoms with van der Waals surface area (Å²) in [5.74, 6) is 2.11. The third-order valence-electron chi connectivity index (χ3n) is 3.86. The first kappa shape index (κ1) is 16.5. The Morgan fingerprint density at radius 1 is 0.840 bits per heavy atom. The molecule has 0 radical (unpaired) electrons. The van der Waals surface area contributed by atoms with Gasteiger partial charge in [0.25, 0.3) is 0 Å². The molecule has 2 aromatic carbocycles. The zero-order chi connectivity index (χ0) is 17.8. The number of para-hydroxylation sites is 1. The lowest BCUT2D eigenvalue weighted by Crippen LogP contribution is -2.03. The molecule has 0 atom stereocenters. The average molecular weight is 329 g/mol. The summed E-state index contributed by atoms with van der Waals surface area (Å²) in [6, 6.07) is 17.4. The van der Waals surface area contributed by atoms with Crippen LogP contribution >= 0.6 is 0 Å². The van der Waals surface area contributed by atoms with Crippen LogP contribution in [-0.2, 0) is 0 Å². The Kier molecular flexibility index (Phi) is 4.62. The van der Waals surface area contributed by atoms with Gasteiger partial charge in [0.2, 0.25) is 0 Å². The third kappa shape index (κ3) is 3.93. The van der Waals surface area contributed by atoms with Crippen LogP contribution in [0.25, 0.3) is 0 Å². The first-order valence-corrected chi connectivity index (χ1v) is 8.01. The van der Waals surface area contributed by atoms with Gasteiger partial charge in [-0.25, -0.2) is 9.97 Å². The summed E-state index contributed by atoms with van der Waals surface area (Å²) >= 11 is 0. The summed E-state index contributed by atoms with van der Waals surface area (Å²) in [5, 5.41) is 15.5. The van der Waals surface area contributed by atoms with Crippen molar-refractivity contribution in [2.24, 2.45) is 0 Å². The number of nitrogens with one attached hydrogen (secondary N) is 2. The van der Waals surface area contributed by atoms with E-state index in [2.05, 4.69) is 52.7 Å². The molecule has 124 valence electrons. The fraction of sp³-hybridized carbons (Fsp3) is 0.150. The molecule has 3 aromatic rings. The molecule has 0 bridgehead atoms. The predicted molar refractivity (Wildman–Crippen MR) is 100 cm³/mol. The van der Waals surface area contributed by atoms with Gasteiger partial charge in [0.1, 0.15) is 17.5 Å². The molecule has 1 aromatic heterocycles. The van der Waals surface area contributed by atoms with Crippen molar-refractivity contribution in [1.82, 2.24) is 9.97 Å². The van der Waals surface area contributed by atoms with Gasteiger partial charge in [-0.3, -0.25) is 0 Å². The van der Waals surface area contributed by atoms with Crippen LogP contribution in [0.5, 0.6) is 0 Å². The van der Waals surface area contributed by atoms with Gasteiger partial charge in [0.05, 0.1) is 11.6 Å². The van der Waals surface area contributed by atoms with Crippen LogP contribution in [0.2, 0.25) is 0 Å². The molecule has 5 nitrogen and oxygen atoms in total. The zero-order valence-corrected chi connectivity index (χ0v) is 14.5. The second-order valence-corrected chi connectivity index (χ2v) is 5.89. The maximum atomic E-state index is 8.88. The number of hydrogen-bond acceptors (Lipinski definition) is 5. The Balaban J connectivity index is 1.86. The number of aromatic nitrogens is 2. The smallest absolute Gasteiger partial charge is 0.136 e. The molecule has 25 heavy (non-hydrogen) atoms. The minimum Gasteiger partial charge on any atom is -0.340 e. The number of nitrogens with zero attached hydrogens (tertiary/aromatic N) is 3. The van der Waals surface area contributed by atoms with Gasteiger partial charge in [-0.15, -0.1) is 0 Å². The van der Waals surface area contributed by atoms with Gasteiger partial charge in [-0.2, -0.15) is 5.26 Å². The van der Waals surface area contributed by atoms with Crippen molar-refractivity contribution in [2.75, 3.05) is 10.6 Å². The van der Waals surface area contributed by atoms with Gasteiger partial charge in [0, 0.05) is 17.4 Å². The van der Waals surface area contributed by atoms with E-state index in [1.165, 1.54) is 0 Å². The highest BCUT2D eigenvalue weighted by molar-refractivity contribution is 5.67. The van der Waals surface area contributed by atoms with Crippen LogP contribution in [0.15, 0.2) is 48.5 Å². The molecule has 0 amide bonds. The van der Waals surface area contributed by atoms with Crippen molar-refractivity contribution >= 4 is 23.0 Å². The monoisotopic (exact) mass is 329 g/mol. The number of benzene rings is 2. The van der Waals surface area contributed by atoms with Crippen molar-refractivity contribution in [2.45, 2.75) is 20.8 Å². The largest absolute Gasteiger partial charge is 0.340 e. The molecule has 0 aliphatic heterocycles. The number of aryl methyl sites for hydroxylation is 3. The summed E-state index contributed by atoms with van der Waals surface area (Å²) < 4.78 is 0. The number of hydrogen-bond donors (Lipinski definition) is 2. The topological polar surface area (TPSA) is 73.6 Å². The normalized spacial score (nSPS) is 10.2. The molecule has 2 N–H and O–H groups in total. The van der Waals surface area contributed by atoms with Crippen molar-refractivity contribution in [1.29, 1.82) is 5.26 Å². The van der Waals surface area contributed by atoms with E-state index in [4.69, 9.17) is 5.26 Å². The zero-order valence-electron chi connectivity index (χ0n) is 14.5. The second-order valence-electron chi connectivity index (χ2n) is 5.89. The average Bonchev–Trinajstić information content (AvgIpc) is 2.58. The summed E-state index contributed by atoms with van der Waals surface area (Å²) in [6.07, 6.45) is 0. The van der Waals surface area contributed by atoms with E-state index in [0.717, 1.165) is 28.3 Å². The highest BCUT2D eigenvalue weighted by atomic mass is 15.1. The standard InChI is InChI=1S/C20H19N5/c1-13-5-4-6-14(2)20(13)25-19-11-18(22-15(3)23-19)24-17-9-7-16(12-21)8-10-17/h4-11H,1-3H3,(H2,22,23,24,25). The van der Waals surface area contributed by atoms with Crippen LogP contribution in [0.4, 0.5) is 23.0 Å². The van der Waals surface area contributed by atoms with Crippen molar-refractivity contribution in [3.63, 3.8) is 0 Å². The summed E-state index contributed by atoms with van der Waals surface area (Å²) in [6.45, 7) is 6.00. The number of nitriles is 1. The molecular weight excluding hydrogens is 310 g/mol. The highest BCUT2D eigenvalue weighted by Crippen LogP contribution is 2.25. The molecule has 1 heterocycles. The fourth-order valence-corrected chi connectivity index (χ4v) is 2.61. The molecule has 0 unspecified atom stereocenters. The molecule has 0 fully saturated rings. The minimum absolute atomic E-state index is 0.627. The van der Waals surface area contributed by atoms with E-state index < -0.39 is 0 Å². The van der Waals surface area contributed by atoms with Crippen LogP contribution in [0, 0.1) is 32.1 Å². The Labute approximate surface area is 147 Å². The number of rotatable bonds is 4. The van der Waals surface area contributed by atoms with Crippen LogP contribution < -0.4 is 10.6 Å². The van der Waals surface area contributed by atoms with Crippen molar-refractivity contribution in [3.05, 3.63) is 71.0 Å². The predicted octanol–water partition coefficient (Wildman–Crippen LogP) is 4.76. The Morgan fingerprint density at radius 3 is 2.04 bits per heavy atom. The quantitative estimate of drug-likeness (QED) is 0.722. The molecule has 3 rings (SSSR count). The van der Waals surface area contributed by atoms with E-state index in [9.17, 15) is 0 Å². The SMILES string of the molecule is Cc1nc(Nc2ccc(C#N)cc2)cc(Nc2c(C)cccc2C)n1. The molecular formula is C20H19N5. The maximum Gasteiger partial charge on any atom is 0.136 e. The lowest BCUT2D eigenvalue weighted by molar-refractivity contribution is 1.06. The molecule has 5 heteroatoms. The van der Waals surface area contributed by atoms with Crippen molar-refractivity contribution < 1.29 is 0 Å². The minimum atomic E-state index is 0.627. The van der Waals surface area contributed by atoms with E-state index in [-0.39, 0.29) is 0 Å². The summed E-state index contributed by atoms with van der Waals surface area (Å²) in [4.78, 5) is 8.91. The Morgan fingerprint density at radius 2 is 1.44 bits per heavy atom. The van der Waals surface area contributed by atoms with E-state index in [1.807, 2.05) is 31.2 Å². The van der Waals surface area contributed by atoms with Crippen LogP contribution in [0.3, 0.4) is 0 Å². The van der Waals surface area contributed by atoms with Gasteiger partial charge in [-0.05, 0) is 56.2 Å². The van der Waals surface area contributed by atoms with Gasteiger partial charge in [-0.1, -0.05) is 18.2 Å². The van der Waals surface area contributed by atoms with Gasteiger partial charge >= 0.3 is 0 Å². The number of anilines is 4.